The van der Waals surface area contributed by atoms with Crippen LogP contribution in [0.1, 0.15) is 0 Å². The lowest BCUT2D eigenvalue weighted by Crippen LogP contribution is -2.13. The van der Waals surface area contributed by atoms with Crippen molar-refractivity contribution in [1.82, 2.24) is 19.2 Å². The van der Waals surface area contributed by atoms with E-state index >= 15 is 0 Å². The van der Waals surface area contributed by atoms with E-state index in [2.05, 4.69) is 11.2 Å². The van der Waals surface area contributed by atoms with Crippen LogP contribution in [0.4, 0.5) is 17.2 Å². The number of fused-ring (bicyclic) bond motifs is 4. The number of aryl methyl sites for hydroxylation is 1. The molecule has 0 saturated carbocycles. The summed E-state index contributed by atoms with van der Waals surface area (Å²) in [6.45, 7) is 0. The molecule has 8 heteroatoms. The largest absolute Gasteiger partial charge is 0.329 e. The summed E-state index contributed by atoms with van der Waals surface area (Å²) < 4.78 is 3.70. The van der Waals surface area contributed by atoms with Crippen molar-refractivity contribution in [1.29, 1.82) is 0 Å². The smallest absolute Gasteiger partial charge is 0.271 e. The number of rotatable bonds is 3. The fourth-order valence-electron chi connectivity index (χ4n) is 3.58. The Bertz CT molecular complexity index is 1380. The Morgan fingerprint density at radius 2 is 1.96 bits per heavy atom. The van der Waals surface area contributed by atoms with Gasteiger partial charge < -0.3 is 9.30 Å². The maximum atomic E-state index is 11.3. The van der Waals surface area contributed by atoms with Crippen molar-refractivity contribution in [2.45, 2.75) is 0 Å². The number of nitro groups is 1. The number of nitro benzene ring substituents is 1. The molecule has 138 valence electrons. The first-order valence-corrected chi connectivity index (χ1v) is 8.73. The zero-order valence-electron chi connectivity index (χ0n) is 15.3. The third kappa shape index (κ3) is 2.31. The van der Waals surface area contributed by atoms with Crippen molar-refractivity contribution < 1.29 is 4.92 Å². The minimum atomic E-state index is -0.380. The quantitative estimate of drug-likeness (QED) is 0.352. The number of nitrogens with zero attached hydrogens (tertiary/aromatic N) is 6. The van der Waals surface area contributed by atoms with E-state index in [9.17, 15) is 10.1 Å². The molecule has 0 saturated heterocycles. The normalized spacial score (nSPS) is 11.5. The summed E-state index contributed by atoms with van der Waals surface area (Å²) in [5.41, 5.74) is 3.51. The zero-order valence-corrected chi connectivity index (χ0v) is 15.3. The second-order valence-corrected chi connectivity index (χ2v) is 6.70. The van der Waals surface area contributed by atoms with Crippen LogP contribution >= 0.6 is 0 Å². The molecule has 0 radical (unpaired) electrons. The van der Waals surface area contributed by atoms with Gasteiger partial charge in [0.2, 0.25) is 0 Å². The number of hydrogen-bond acceptors (Lipinski definition) is 5. The number of non-ortho nitro benzene ring substituents is 1. The van der Waals surface area contributed by atoms with Gasteiger partial charge in [0.1, 0.15) is 11.5 Å². The third-order valence-electron chi connectivity index (χ3n) is 5.08. The highest BCUT2D eigenvalue weighted by Gasteiger charge is 2.17. The van der Waals surface area contributed by atoms with Crippen LogP contribution in [-0.4, -0.2) is 31.1 Å². The molecule has 3 heterocycles. The minimum Gasteiger partial charge on any atom is -0.329 e. The van der Waals surface area contributed by atoms with E-state index in [4.69, 9.17) is 4.98 Å². The van der Waals surface area contributed by atoms with Crippen molar-refractivity contribution in [3.63, 3.8) is 0 Å². The summed E-state index contributed by atoms with van der Waals surface area (Å²) in [6, 6.07) is 14.7. The number of aromatic nitrogens is 4. The molecule has 0 amide bonds. The molecule has 0 aliphatic carbocycles. The molecule has 3 aromatic heterocycles. The molecule has 2 aromatic carbocycles. The van der Waals surface area contributed by atoms with Crippen LogP contribution < -0.4 is 4.90 Å². The Hall–Kier alpha value is -3.94. The van der Waals surface area contributed by atoms with E-state index in [0.29, 0.717) is 0 Å². The van der Waals surface area contributed by atoms with Gasteiger partial charge in [-0.05, 0) is 36.4 Å². The van der Waals surface area contributed by atoms with Gasteiger partial charge in [0.15, 0.2) is 0 Å². The van der Waals surface area contributed by atoms with E-state index in [1.54, 1.807) is 12.1 Å². The lowest BCUT2D eigenvalue weighted by Gasteiger charge is -2.21. The molecule has 5 rings (SSSR count). The van der Waals surface area contributed by atoms with Crippen LogP contribution in [0.25, 0.3) is 27.5 Å². The molecule has 28 heavy (non-hydrogen) atoms. The first kappa shape index (κ1) is 16.2. The monoisotopic (exact) mass is 372 g/mol. The maximum Gasteiger partial charge on any atom is 0.271 e. The van der Waals surface area contributed by atoms with E-state index in [0.717, 1.165) is 39.0 Å². The van der Waals surface area contributed by atoms with Crippen LogP contribution in [-0.2, 0) is 7.05 Å². The van der Waals surface area contributed by atoms with Crippen LogP contribution in [0.5, 0.6) is 0 Å². The van der Waals surface area contributed by atoms with Crippen molar-refractivity contribution in [2.75, 3.05) is 11.9 Å². The fourth-order valence-corrected chi connectivity index (χ4v) is 3.58. The minimum absolute atomic E-state index is 0.0543. The average molecular weight is 372 g/mol. The predicted octanol–water partition coefficient (Wildman–Crippen LogP) is 4.05. The number of anilines is 2. The van der Waals surface area contributed by atoms with Crippen LogP contribution in [0.2, 0.25) is 0 Å². The molecule has 0 spiro atoms. The molecule has 0 atom stereocenters. The SMILES string of the molecule is CN(c1ccc2cnn(C)c2c1)c1nc2cccn2c2cc([N+](=O)[O-])ccc12. The van der Waals surface area contributed by atoms with Crippen LogP contribution in [0.3, 0.4) is 0 Å². The lowest BCUT2D eigenvalue weighted by atomic mass is 10.1. The summed E-state index contributed by atoms with van der Waals surface area (Å²) in [6.07, 6.45) is 3.69. The molecule has 0 bridgehead atoms. The van der Waals surface area contributed by atoms with Crippen LogP contribution in [0.15, 0.2) is 60.9 Å². The summed E-state index contributed by atoms with van der Waals surface area (Å²) in [5, 5.41) is 17.4. The van der Waals surface area contributed by atoms with Gasteiger partial charge in [0, 0.05) is 48.9 Å². The van der Waals surface area contributed by atoms with Gasteiger partial charge in [-0.25, -0.2) is 4.98 Å². The second kappa shape index (κ2) is 5.78. The van der Waals surface area contributed by atoms with Gasteiger partial charge in [-0.2, -0.15) is 5.10 Å². The Kier molecular flexibility index (Phi) is 3.35. The van der Waals surface area contributed by atoms with Gasteiger partial charge >= 0.3 is 0 Å². The van der Waals surface area contributed by atoms with E-state index < -0.39 is 0 Å². The molecule has 0 fully saturated rings. The highest BCUT2D eigenvalue weighted by Crippen LogP contribution is 2.33. The Labute approximate surface area is 159 Å². The van der Waals surface area contributed by atoms with Crippen molar-refractivity contribution in [3.8, 4) is 0 Å². The van der Waals surface area contributed by atoms with E-state index in [1.165, 1.54) is 6.07 Å². The first-order chi connectivity index (χ1) is 13.5. The van der Waals surface area contributed by atoms with Crippen LogP contribution in [0, 0.1) is 10.1 Å². The number of benzene rings is 2. The standard InChI is InChI=1S/C20H16N6O2/c1-23(14-6-5-13-12-21-24(2)17(13)10-14)20-16-8-7-15(26(27)28)11-18(16)25-9-3-4-19(25)22-20/h3-12H,1-2H3. The van der Waals surface area contributed by atoms with Gasteiger partial charge in [-0.3, -0.25) is 14.8 Å². The molecule has 0 N–H and O–H groups in total. The Balaban J connectivity index is 1.75. The topological polar surface area (TPSA) is 81.5 Å². The molecule has 8 nitrogen and oxygen atoms in total. The predicted molar refractivity (Wildman–Crippen MR) is 108 cm³/mol. The summed E-state index contributed by atoms with van der Waals surface area (Å²) >= 11 is 0. The number of hydrogen-bond donors (Lipinski definition) is 0. The fraction of sp³-hybridized carbons (Fsp3) is 0.100. The molecule has 0 unspecified atom stereocenters. The maximum absolute atomic E-state index is 11.3. The van der Waals surface area contributed by atoms with E-state index in [-0.39, 0.29) is 10.6 Å². The summed E-state index contributed by atoms with van der Waals surface area (Å²) in [5.74, 6) is 0.734. The highest BCUT2D eigenvalue weighted by molar-refractivity contribution is 5.95. The summed E-state index contributed by atoms with van der Waals surface area (Å²) in [7, 11) is 3.85. The Morgan fingerprint density at radius 1 is 1.11 bits per heavy atom. The molecule has 0 aliphatic heterocycles. The zero-order chi connectivity index (χ0) is 19.4. The molecule has 5 aromatic rings. The van der Waals surface area contributed by atoms with Crippen molar-refractivity contribution in [2.24, 2.45) is 7.05 Å². The van der Waals surface area contributed by atoms with Crippen molar-refractivity contribution >= 4 is 44.6 Å². The van der Waals surface area contributed by atoms with Gasteiger partial charge in [0.05, 0.1) is 22.2 Å². The van der Waals surface area contributed by atoms with Gasteiger partial charge in [-0.15, -0.1) is 0 Å². The van der Waals surface area contributed by atoms with E-state index in [1.807, 2.05) is 64.7 Å². The second-order valence-electron chi connectivity index (χ2n) is 6.70. The summed E-state index contributed by atoms with van der Waals surface area (Å²) in [4.78, 5) is 17.7. The molecular weight excluding hydrogens is 356 g/mol. The highest BCUT2D eigenvalue weighted by atomic mass is 16.6. The third-order valence-corrected chi connectivity index (χ3v) is 5.08. The van der Waals surface area contributed by atoms with Gasteiger partial charge in [0.25, 0.3) is 5.69 Å². The first-order valence-electron chi connectivity index (χ1n) is 8.73. The molecular formula is C20H16N6O2. The van der Waals surface area contributed by atoms with Gasteiger partial charge in [-0.1, -0.05) is 0 Å². The average Bonchev–Trinajstić information content (AvgIpc) is 3.33. The Morgan fingerprint density at radius 3 is 2.79 bits per heavy atom. The van der Waals surface area contributed by atoms with Crippen molar-refractivity contribution in [3.05, 3.63) is 71.0 Å². The lowest BCUT2D eigenvalue weighted by molar-refractivity contribution is -0.384. The molecule has 0 aliphatic rings.